The molecule has 3 N–H and O–H groups in total. The van der Waals surface area contributed by atoms with Crippen LogP contribution in [-0.4, -0.2) is 93.1 Å². The molecule has 0 aliphatic carbocycles. The van der Waals surface area contributed by atoms with Crippen LogP contribution in [0.3, 0.4) is 0 Å². The zero-order valence-electron chi connectivity index (χ0n) is 28.1. The largest absolute Gasteiger partial charge is 0.490 e. The van der Waals surface area contributed by atoms with Crippen molar-refractivity contribution < 1.29 is 42.1 Å². The number of anilines is 2. The number of benzene rings is 2. The average Bonchev–Trinajstić information content (AvgIpc) is 3.79. The molecule has 3 aromatic rings. The summed E-state index contributed by atoms with van der Waals surface area (Å²) in [7, 11) is -2.20. The molecule has 0 radical (unpaired) electrons. The third kappa shape index (κ3) is 9.02. The van der Waals surface area contributed by atoms with Gasteiger partial charge in [0.05, 0.1) is 30.4 Å². The van der Waals surface area contributed by atoms with Crippen LogP contribution in [0.5, 0.6) is 17.2 Å². The van der Waals surface area contributed by atoms with Crippen molar-refractivity contribution in [3.8, 4) is 17.2 Å². The molecule has 1 aromatic heterocycles. The Hall–Kier alpha value is -3.89. The summed E-state index contributed by atoms with van der Waals surface area (Å²) in [5.41, 5.74) is 1.07. The van der Waals surface area contributed by atoms with E-state index in [1.54, 1.807) is 65.7 Å². The molecule has 0 spiro atoms. The molecule has 266 valence electrons. The van der Waals surface area contributed by atoms with E-state index in [9.17, 15) is 23.1 Å². The van der Waals surface area contributed by atoms with Gasteiger partial charge >= 0.3 is 6.03 Å². The summed E-state index contributed by atoms with van der Waals surface area (Å²) in [6.45, 7) is 6.04. The summed E-state index contributed by atoms with van der Waals surface area (Å²) >= 11 is 1.15. The highest BCUT2D eigenvalue weighted by Crippen LogP contribution is 2.34. The highest BCUT2D eigenvalue weighted by molar-refractivity contribution is 7.91. The average molecular weight is 717 g/mol. The van der Waals surface area contributed by atoms with Crippen molar-refractivity contribution in [2.75, 3.05) is 50.8 Å². The number of aliphatic hydroxyl groups excluding tert-OH is 1. The van der Waals surface area contributed by atoms with Crippen LogP contribution in [0.4, 0.5) is 16.2 Å². The first-order valence-corrected chi connectivity index (χ1v) is 18.6. The molecule has 5 rings (SSSR count). The van der Waals surface area contributed by atoms with E-state index in [1.165, 1.54) is 11.4 Å². The number of likely N-dealkylation sites (N-methyl/N-ethyl adjacent to an activating group) is 1. The number of amides is 3. The van der Waals surface area contributed by atoms with Crippen molar-refractivity contribution in [2.24, 2.45) is 5.92 Å². The number of nitrogens with zero attached hydrogens (tertiary/aromatic N) is 2. The van der Waals surface area contributed by atoms with E-state index in [1.807, 2.05) is 13.8 Å². The van der Waals surface area contributed by atoms with Crippen molar-refractivity contribution in [1.29, 1.82) is 0 Å². The maximum absolute atomic E-state index is 14.4. The van der Waals surface area contributed by atoms with Crippen LogP contribution >= 0.6 is 11.3 Å². The quantitative estimate of drug-likeness (QED) is 0.284. The number of aliphatic hydroxyl groups is 1. The van der Waals surface area contributed by atoms with Gasteiger partial charge in [-0.25, -0.2) is 13.2 Å². The first-order valence-electron chi connectivity index (χ1n) is 16.3. The number of carbonyl (C=O) groups excluding carboxylic acids is 2. The SMILES string of the molecule is C[C@@H]1CN([C@H](C)CO)C(=O)c2cc(NC(=O)Nc3ccc4c(c3)OCO4)ccc2O[C@@H](C)CCCCO[C@@H]1CN(C)S(=O)(=O)c1cccs1. The van der Waals surface area contributed by atoms with Crippen LogP contribution in [0.1, 0.15) is 50.4 Å². The minimum Gasteiger partial charge on any atom is -0.490 e. The van der Waals surface area contributed by atoms with E-state index in [-0.39, 0.29) is 48.3 Å². The van der Waals surface area contributed by atoms with Gasteiger partial charge in [0.15, 0.2) is 11.5 Å². The lowest BCUT2D eigenvalue weighted by Gasteiger charge is -2.35. The Balaban J connectivity index is 1.39. The summed E-state index contributed by atoms with van der Waals surface area (Å²) in [6, 6.07) is 12.1. The van der Waals surface area contributed by atoms with E-state index in [4.69, 9.17) is 18.9 Å². The summed E-state index contributed by atoms with van der Waals surface area (Å²) in [6.07, 6.45) is 1.45. The third-order valence-corrected chi connectivity index (χ3v) is 11.7. The van der Waals surface area contributed by atoms with Crippen molar-refractivity contribution in [3.63, 3.8) is 0 Å². The van der Waals surface area contributed by atoms with Gasteiger partial charge in [-0.3, -0.25) is 4.79 Å². The fourth-order valence-electron chi connectivity index (χ4n) is 5.65. The Labute approximate surface area is 291 Å². The smallest absolute Gasteiger partial charge is 0.323 e. The molecule has 15 heteroatoms. The second kappa shape index (κ2) is 16.2. The second-order valence-electron chi connectivity index (χ2n) is 12.4. The molecule has 2 aliphatic rings. The van der Waals surface area contributed by atoms with E-state index in [0.29, 0.717) is 41.7 Å². The highest BCUT2D eigenvalue weighted by Gasteiger charge is 2.32. The van der Waals surface area contributed by atoms with Crippen LogP contribution < -0.4 is 24.8 Å². The standard InChI is InChI=1S/C34H44N4O9S2/c1-22-18-38(23(2)20-39)33(40)27-16-25(35-34(41)36-26-11-13-29-30(17-26)46-21-45-29)10-12-28(27)47-24(3)8-5-6-14-44-31(22)19-37(4)49(42,43)32-9-7-15-48-32/h7,9-13,15-17,22-24,31,39H,5-6,8,14,18-21H2,1-4H3,(H2,35,36,41)/t22-,23-,24+,31-/m1/s1. The Morgan fingerprint density at radius 1 is 1.06 bits per heavy atom. The lowest BCUT2D eigenvalue weighted by atomic mass is 10.0. The lowest BCUT2D eigenvalue weighted by Crippen LogP contribution is -2.48. The number of hydrogen-bond donors (Lipinski definition) is 3. The number of sulfonamides is 1. The normalized spacial score (nSPS) is 21.0. The number of carbonyl (C=O) groups is 2. The Morgan fingerprint density at radius 3 is 2.49 bits per heavy atom. The minimum absolute atomic E-state index is 0.0829. The molecule has 0 fully saturated rings. The fraction of sp³-hybridized carbons (Fsp3) is 0.471. The van der Waals surface area contributed by atoms with Gasteiger partial charge in [0.2, 0.25) is 6.79 Å². The maximum Gasteiger partial charge on any atom is 0.323 e. The number of fused-ring (bicyclic) bond motifs is 2. The van der Waals surface area contributed by atoms with Gasteiger partial charge in [-0.05, 0) is 74.9 Å². The fourth-order valence-corrected chi connectivity index (χ4v) is 8.03. The van der Waals surface area contributed by atoms with Crippen LogP contribution in [0.15, 0.2) is 58.1 Å². The molecule has 2 aromatic carbocycles. The summed E-state index contributed by atoms with van der Waals surface area (Å²) in [5, 5.41) is 17.5. The Kier molecular flexibility index (Phi) is 12.0. The van der Waals surface area contributed by atoms with E-state index in [0.717, 1.165) is 24.2 Å². The molecule has 13 nitrogen and oxygen atoms in total. The number of urea groups is 1. The zero-order valence-corrected chi connectivity index (χ0v) is 29.7. The minimum atomic E-state index is -3.73. The van der Waals surface area contributed by atoms with E-state index in [2.05, 4.69) is 10.6 Å². The second-order valence-corrected chi connectivity index (χ2v) is 15.6. The zero-order chi connectivity index (χ0) is 35.1. The Bertz CT molecular complexity index is 1700. The maximum atomic E-state index is 14.4. The van der Waals surface area contributed by atoms with Gasteiger partial charge in [-0.15, -0.1) is 11.3 Å². The van der Waals surface area contributed by atoms with Crippen molar-refractivity contribution in [1.82, 2.24) is 9.21 Å². The number of ether oxygens (including phenoxy) is 4. The molecule has 49 heavy (non-hydrogen) atoms. The van der Waals surface area contributed by atoms with Gasteiger partial charge in [0.1, 0.15) is 9.96 Å². The number of nitrogens with one attached hydrogen (secondary N) is 2. The molecular weight excluding hydrogens is 673 g/mol. The van der Waals surface area contributed by atoms with E-state index >= 15 is 0 Å². The number of thiophene rings is 1. The molecule has 3 amide bonds. The Morgan fingerprint density at radius 2 is 1.78 bits per heavy atom. The molecule has 0 bridgehead atoms. The third-order valence-electron chi connectivity index (χ3n) is 8.54. The number of rotatable bonds is 8. The summed E-state index contributed by atoms with van der Waals surface area (Å²) in [5.74, 6) is 0.740. The van der Waals surface area contributed by atoms with Crippen molar-refractivity contribution in [2.45, 2.75) is 62.5 Å². The van der Waals surface area contributed by atoms with Gasteiger partial charge in [-0.2, -0.15) is 4.31 Å². The first-order chi connectivity index (χ1) is 23.5. The molecule has 2 aliphatic heterocycles. The molecule has 3 heterocycles. The topological polar surface area (TPSA) is 156 Å². The predicted octanol–water partition coefficient (Wildman–Crippen LogP) is 5.24. The van der Waals surface area contributed by atoms with Crippen LogP contribution in [0.2, 0.25) is 0 Å². The lowest BCUT2D eigenvalue weighted by molar-refractivity contribution is -0.00832. The van der Waals surface area contributed by atoms with Gasteiger partial charge < -0.3 is 39.6 Å². The molecule has 0 unspecified atom stereocenters. The molecular formula is C34H44N4O9S2. The van der Waals surface area contributed by atoms with E-state index < -0.39 is 34.1 Å². The monoisotopic (exact) mass is 716 g/mol. The van der Waals surface area contributed by atoms with Crippen LogP contribution in [-0.2, 0) is 14.8 Å². The van der Waals surface area contributed by atoms with Gasteiger partial charge in [0.25, 0.3) is 15.9 Å². The van der Waals surface area contributed by atoms with Gasteiger partial charge in [0, 0.05) is 50.1 Å². The molecule has 0 saturated heterocycles. The van der Waals surface area contributed by atoms with Crippen LogP contribution in [0.25, 0.3) is 0 Å². The first kappa shape index (κ1) is 36.4. The van der Waals surface area contributed by atoms with Crippen molar-refractivity contribution in [3.05, 3.63) is 59.5 Å². The molecule has 0 saturated carbocycles. The van der Waals surface area contributed by atoms with Crippen molar-refractivity contribution >= 4 is 44.7 Å². The summed E-state index contributed by atoms with van der Waals surface area (Å²) < 4.78 is 51.4. The number of hydrogen-bond acceptors (Lipinski definition) is 10. The van der Waals surface area contributed by atoms with Gasteiger partial charge in [-0.1, -0.05) is 13.0 Å². The van der Waals surface area contributed by atoms with Crippen LogP contribution in [0, 0.1) is 5.92 Å². The molecule has 4 atom stereocenters. The summed E-state index contributed by atoms with van der Waals surface area (Å²) in [4.78, 5) is 28.9. The predicted molar refractivity (Wildman–Crippen MR) is 186 cm³/mol. The highest BCUT2D eigenvalue weighted by atomic mass is 32.2.